The molecule has 0 radical (unpaired) electrons. The van der Waals surface area contributed by atoms with Gasteiger partial charge in [-0.1, -0.05) is 46.8 Å². The zero-order valence-electron chi connectivity index (χ0n) is 25.4. The number of hydrogen-bond donors (Lipinski definition) is 1. The maximum absolute atomic E-state index is 12.9. The molecule has 0 aromatic rings. The largest absolute Gasteiger partial charge is 0.481 e. The number of fused-ring (bicyclic) bond motifs is 7. The van der Waals surface area contributed by atoms with Gasteiger partial charge >= 0.3 is 11.9 Å². The Kier molecular flexibility index (Phi) is 6.92. The number of carboxylic acid groups (broad SMARTS) is 1. The van der Waals surface area contributed by atoms with Gasteiger partial charge in [-0.2, -0.15) is 0 Å². The van der Waals surface area contributed by atoms with Crippen LogP contribution in [0.3, 0.4) is 0 Å². The Labute approximate surface area is 237 Å². The number of carbonyl (C=O) groups is 2. The fourth-order valence-corrected chi connectivity index (χ4v) is 12.1. The number of terminal acetylenes is 1. The number of rotatable bonds is 5. The summed E-state index contributed by atoms with van der Waals surface area (Å²) in [5, 5.41) is 10.6. The first kappa shape index (κ1) is 28.8. The number of ether oxygens (including phenoxy) is 1. The van der Waals surface area contributed by atoms with Gasteiger partial charge in [-0.15, -0.1) is 12.3 Å². The van der Waals surface area contributed by atoms with E-state index in [2.05, 4.69) is 54.0 Å². The molecule has 5 rings (SSSR count). The second kappa shape index (κ2) is 9.39. The van der Waals surface area contributed by atoms with Gasteiger partial charge in [0.15, 0.2) is 0 Å². The second-order valence-electron chi connectivity index (χ2n) is 15.7. The molecule has 0 saturated heterocycles. The highest BCUT2D eigenvalue weighted by Crippen LogP contribution is 2.77. The number of aliphatic carboxylic acids is 1. The molecule has 0 heterocycles. The van der Waals surface area contributed by atoms with Crippen LogP contribution in [-0.4, -0.2) is 23.1 Å². The van der Waals surface area contributed by atoms with Crippen molar-refractivity contribution in [3.8, 4) is 12.3 Å². The molecule has 5 saturated carbocycles. The number of carboxylic acids is 1. The fraction of sp³-hybridized carbons (Fsp3) is 0.829. The zero-order valence-corrected chi connectivity index (χ0v) is 25.4. The van der Waals surface area contributed by atoms with Crippen LogP contribution in [-0.2, 0) is 14.3 Å². The van der Waals surface area contributed by atoms with Crippen molar-refractivity contribution in [2.75, 3.05) is 0 Å². The third-order valence-corrected chi connectivity index (χ3v) is 14.2. The lowest BCUT2D eigenvalue weighted by Crippen LogP contribution is -2.67. The van der Waals surface area contributed by atoms with Crippen molar-refractivity contribution in [2.24, 2.45) is 56.7 Å². The summed E-state index contributed by atoms with van der Waals surface area (Å²) < 4.78 is 6.09. The monoisotopic (exact) mass is 536 g/mol. The summed E-state index contributed by atoms with van der Waals surface area (Å²) in [6.45, 7) is 18.9. The molecule has 39 heavy (non-hydrogen) atoms. The average Bonchev–Trinajstić information content (AvgIpc) is 3.26. The molecule has 1 N–H and O–H groups in total. The van der Waals surface area contributed by atoms with E-state index in [1.165, 1.54) is 18.4 Å². The number of allylic oxidation sites excluding steroid dienone is 1. The zero-order chi connectivity index (χ0) is 28.6. The van der Waals surface area contributed by atoms with Gasteiger partial charge in [0, 0.05) is 11.8 Å². The van der Waals surface area contributed by atoms with E-state index in [-0.39, 0.29) is 39.7 Å². The third kappa shape index (κ3) is 3.84. The molecule has 0 aliphatic heterocycles. The minimum atomic E-state index is -0.568. The molecule has 216 valence electrons. The van der Waals surface area contributed by atoms with Crippen LogP contribution < -0.4 is 0 Å². The van der Waals surface area contributed by atoms with Crippen LogP contribution in [0.15, 0.2) is 12.2 Å². The summed E-state index contributed by atoms with van der Waals surface area (Å²) in [4.78, 5) is 25.4. The van der Waals surface area contributed by atoms with Crippen LogP contribution >= 0.6 is 0 Å². The first-order chi connectivity index (χ1) is 18.2. The van der Waals surface area contributed by atoms with E-state index in [4.69, 9.17) is 11.2 Å². The van der Waals surface area contributed by atoms with Gasteiger partial charge < -0.3 is 9.84 Å². The molecule has 0 aromatic heterocycles. The summed E-state index contributed by atoms with van der Waals surface area (Å²) in [6.07, 6.45) is 16.3. The quantitative estimate of drug-likeness (QED) is 0.219. The second-order valence-corrected chi connectivity index (χ2v) is 15.7. The van der Waals surface area contributed by atoms with Crippen molar-refractivity contribution in [1.29, 1.82) is 0 Å². The van der Waals surface area contributed by atoms with Crippen LogP contribution in [0.5, 0.6) is 0 Å². The molecule has 0 bridgehead atoms. The number of carbonyl (C=O) groups excluding carboxylic acids is 1. The summed E-state index contributed by atoms with van der Waals surface area (Å²) in [6, 6.07) is 0. The Morgan fingerprint density at radius 1 is 0.923 bits per heavy atom. The van der Waals surface area contributed by atoms with Crippen molar-refractivity contribution in [1.82, 2.24) is 0 Å². The van der Waals surface area contributed by atoms with Crippen LogP contribution in [0.4, 0.5) is 0 Å². The molecular formula is C35H52O4. The van der Waals surface area contributed by atoms with Crippen LogP contribution in [0.2, 0.25) is 0 Å². The molecule has 1 unspecified atom stereocenters. The van der Waals surface area contributed by atoms with E-state index >= 15 is 0 Å². The van der Waals surface area contributed by atoms with E-state index < -0.39 is 11.4 Å². The summed E-state index contributed by atoms with van der Waals surface area (Å²) in [5.74, 6) is 3.93. The van der Waals surface area contributed by atoms with Gasteiger partial charge in [-0.25, -0.2) is 0 Å². The lowest BCUT2D eigenvalue weighted by Gasteiger charge is -2.72. The molecule has 5 aliphatic carbocycles. The Bertz CT molecular complexity index is 1080. The SMILES string of the molecule is C#CCCC(=O)O[C@H]1CC[C@@]2(C)[C@@H](CCC3(C)[C@@H]2CC[C@@H]2[C@H]4[C@H](C(=C)C)CC[C@]4(C(=O)O)CC[C@]23C)C1(C)C. The lowest BCUT2D eigenvalue weighted by atomic mass is 9.32. The van der Waals surface area contributed by atoms with E-state index in [9.17, 15) is 14.7 Å². The normalized spacial score (nSPS) is 47.9. The maximum atomic E-state index is 12.9. The summed E-state index contributed by atoms with van der Waals surface area (Å²) in [7, 11) is 0. The Balaban J connectivity index is 1.46. The fourth-order valence-electron chi connectivity index (χ4n) is 12.1. The molecule has 4 heteroatoms. The first-order valence-corrected chi connectivity index (χ1v) is 15.7. The van der Waals surface area contributed by atoms with E-state index in [1.807, 2.05) is 0 Å². The van der Waals surface area contributed by atoms with Gasteiger partial charge in [0.1, 0.15) is 6.10 Å². The molecule has 0 amide bonds. The summed E-state index contributed by atoms with van der Waals surface area (Å²) >= 11 is 0. The van der Waals surface area contributed by atoms with Crippen molar-refractivity contribution in [3.05, 3.63) is 12.2 Å². The average molecular weight is 537 g/mol. The lowest BCUT2D eigenvalue weighted by molar-refractivity contribution is -0.250. The highest BCUT2D eigenvalue weighted by atomic mass is 16.5. The van der Waals surface area contributed by atoms with E-state index in [0.29, 0.717) is 36.5 Å². The predicted octanol–water partition coefficient (Wildman–Crippen LogP) is 8.05. The molecular weight excluding hydrogens is 484 g/mol. The van der Waals surface area contributed by atoms with Gasteiger partial charge in [0.05, 0.1) is 11.8 Å². The van der Waals surface area contributed by atoms with E-state index in [0.717, 1.165) is 51.4 Å². The maximum Gasteiger partial charge on any atom is 0.309 e. The van der Waals surface area contributed by atoms with E-state index in [1.54, 1.807) is 0 Å². The highest BCUT2D eigenvalue weighted by Gasteiger charge is 2.72. The van der Waals surface area contributed by atoms with Crippen molar-refractivity contribution in [2.45, 2.75) is 125 Å². The Hall–Kier alpha value is -1.76. The number of esters is 1. The molecule has 5 fully saturated rings. The van der Waals surface area contributed by atoms with Crippen molar-refractivity contribution in [3.63, 3.8) is 0 Å². The van der Waals surface area contributed by atoms with Crippen molar-refractivity contribution < 1.29 is 19.4 Å². The van der Waals surface area contributed by atoms with Crippen LogP contribution in [0.1, 0.15) is 119 Å². The predicted molar refractivity (Wildman–Crippen MR) is 155 cm³/mol. The molecule has 5 aliphatic rings. The van der Waals surface area contributed by atoms with Gasteiger partial charge in [0.25, 0.3) is 0 Å². The molecule has 4 nitrogen and oxygen atoms in total. The smallest absolute Gasteiger partial charge is 0.309 e. The standard InChI is InChI=1S/C35H52O4/c1-9-10-11-28(36)39-27-16-17-32(6)25(31(27,4)5)15-18-34(8)26(32)13-12-24-29-23(22(2)3)14-19-35(29,30(37)38)21-20-33(24,34)7/h1,23-27,29H,2,10-21H2,3-8H3,(H,37,38)/t23-,24+,25-,26+,27-,29+,32-,33+,34?,35-/m0/s1. The third-order valence-electron chi connectivity index (χ3n) is 14.2. The number of hydrogen-bond acceptors (Lipinski definition) is 3. The highest BCUT2D eigenvalue weighted by molar-refractivity contribution is 5.76. The first-order valence-electron chi connectivity index (χ1n) is 15.7. The van der Waals surface area contributed by atoms with Gasteiger partial charge in [0.2, 0.25) is 0 Å². The Morgan fingerprint density at radius 3 is 2.28 bits per heavy atom. The minimum Gasteiger partial charge on any atom is -0.481 e. The summed E-state index contributed by atoms with van der Waals surface area (Å²) in [5.41, 5.74) is 1.04. The topological polar surface area (TPSA) is 63.6 Å². The van der Waals surface area contributed by atoms with Crippen LogP contribution in [0.25, 0.3) is 0 Å². The molecule has 0 spiro atoms. The van der Waals surface area contributed by atoms with Crippen LogP contribution in [0, 0.1) is 69.0 Å². The van der Waals surface area contributed by atoms with Gasteiger partial charge in [-0.3, -0.25) is 9.59 Å². The van der Waals surface area contributed by atoms with Crippen molar-refractivity contribution >= 4 is 11.9 Å². The Morgan fingerprint density at radius 2 is 1.64 bits per heavy atom. The molecule has 0 aromatic carbocycles. The minimum absolute atomic E-state index is 0.0576. The molecule has 10 atom stereocenters. The van der Waals surface area contributed by atoms with Gasteiger partial charge in [-0.05, 0) is 117 Å².